The van der Waals surface area contributed by atoms with Gasteiger partial charge in [-0.05, 0) is 44.4 Å². The zero-order valence-electron chi connectivity index (χ0n) is 13.7. The lowest BCUT2D eigenvalue weighted by atomic mass is 9.89. The Kier molecular flexibility index (Phi) is 3.39. The van der Waals surface area contributed by atoms with E-state index in [1.54, 1.807) is 24.3 Å². The van der Waals surface area contributed by atoms with Crippen LogP contribution in [0.2, 0.25) is 0 Å². The van der Waals surface area contributed by atoms with Crippen molar-refractivity contribution in [1.82, 2.24) is 0 Å². The highest BCUT2D eigenvalue weighted by atomic mass is 32.2. The Morgan fingerprint density at radius 2 is 1.75 bits per heavy atom. The van der Waals surface area contributed by atoms with E-state index >= 15 is 0 Å². The van der Waals surface area contributed by atoms with Gasteiger partial charge in [-0.1, -0.05) is 48.0 Å². The van der Waals surface area contributed by atoms with Crippen molar-refractivity contribution in [3.63, 3.8) is 0 Å². The molecule has 24 heavy (non-hydrogen) atoms. The maximum atomic E-state index is 12.7. The van der Waals surface area contributed by atoms with E-state index in [1.165, 1.54) is 0 Å². The summed E-state index contributed by atoms with van der Waals surface area (Å²) in [6, 6.07) is 16.5. The third-order valence-electron chi connectivity index (χ3n) is 5.22. The van der Waals surface area contributed by atoms with Crippen molar-refractivity contribution in [2.45, 2.75) is 48.9 Å². The van der Waals surface area contributed by atoms with E-state index in [1.807, 2.05) is 44.2 Å². The van der Waals surface area contributed by atoms with Crippen LogP contribution in [0.25, 0.3) is 0 Å². The van der Waals surface area contributed by atoms with E-state index in [-0.39, 0.29) is 10.5 Å². The highest BCUT2D eigenvalue weighted by Crippen LogP contribution is 2.66. The predicted octanol–water partition coefficient (Wildman–Crippen LogP) is 3.55. The Labute approximate surface area is 142 Å². The zero-order chi connectivity index (χ0) is 17.0. The van der Waals surface area contributed by atoms with Gasteiger partial charge in [-0.15, -0.1) is 0 Å². The first kappa shape index (κ1) is 15.8. The van der Waals surface area contributed by atoms with Gasteiger partial charge in [0.05, 0.1) is 4.90 Å². The van der Waals surface area contributed by atoms with Crippen LogP contribution in [0.5, 0.6) is 0 Å². The van der Waals surface area contributed by atoms with Gasteiger partial charge in [-0.3, -0.25) is 4.18 Å². The molecular weight excluding hydrogens is 324 g/mol. The largest absolute Gasteiger partial charge is 0.355 e. The van der Waals surface area contributed by atoms with Gasteiger partial charge >= 0.3 is 0 Å². The lowest BCUT2D eigenvalue weighted by Crippen LogP contribution is -2.31. The Bertz CT molecular complexity index is 860. The van der Waals surface area contributed by atoms with E-state index in [4.69, 9.17) is 8.92 Å². The second kappa shape index (κ2) is 5.15. The summed E-state index contributed by atoms with van der Waals surface area (Å²) >= 11 is 0. The van der Waals surface area contributed by atoms with Gasteiger partial charge in [0, 0.05) is 0 Å². The van der Waals surface area contributed by atoms with Gasteiger partial charge in [-0.25, -0.2) is 0 Å². The van der Waals surface area contributed by atoms with Gasteiger partial charge < -0.3 is 4.74 Å². The average molecular weight is 344 g/mol. The SMILES string of the molecule is Cc1ccc(S(=O)(=O)O[C@@H]2CC[C@@]3(C)O[C@@]23c2ccccc2)cc1. The topological polar surface area (TPSA) is 55.9 Å². The Morgan fingerprint density at radius 1 is 1.08 bits per heavy atom. The molecule has 2 aromatic carbocycles. The normalized spacial score (nSPS) is 31.7. The van der Waals surface area contributed by atoms with Gasteiger partial charge in [0.15, 0.2) is 0 Å². The summed E-state index contributed by atoms with van der Waals surface area (Å²) in [5.74, 6) is 0. The van der Waals surface area contributed by atoms with Crippen LogP contribution in [-0.4, -0.2) is 20.1 Å². The van der Waals surface area contributed by atoms with Gasteiger partial charge in [-0.2, -0.15) is 8.42 Å². The molecule has 1 saturated carbocycles. The highest BCUT2D eigenvalue weighted by molar-refractivity contribution is 7.86. The molecule has 1 aliphatic heterocycles. The average Bonchev–Trinajstić information content (AvgIpc) is 3.11. The zero-order valence-corrected chi connectivity index (χ0v) is 14.5. The molecule has 1 saturated heterocycles. The number of fused-ring (bicyclic) bond motifs is 1. The second-order valence-electron chi connectivity index (χ2n) is 6.83. The summed E-state index contributed by atoms with van der Waals surface area (Å²) in [5, 5.41) is 0. The number of benzene rings is 2. The molecule has 0 aromatic heterocycles. The number of hydrogen-bond donors (Lipinski definition) is 0. The lowest BCUT2D eigenvalue weighted by Gasteiger charge is -2.21. The minimum atomic E-state index is -3.82. The number of epoxide rings is 1. The molecule has 4 nitrogen and oxygen atoms in total. The molecule has 4 rings (SSSR count). The van der Waals surface area contributed by atoms with Gasteiger partial charge in [0.1, 0.15) is 17.3 Å². The van der Waals surface area contributed by atoms with E-state index in [2.05, 4.69) is 0 Å². The molecule has 5 heteroatoms. The van der Waals surface area contributed by atoms with Crippen LogP contribution in [-0.2, 0) is 24.6 Å². The standard InChI is InChI=1S/C19H20O4S/c1-14-8-10-16(11-9-14)24(20,21)22-17-12-13-18(2)19(17,23-18)15-6-4-3-5-7-15/h3-11,17H,12-13H2,1-2H3/t17-,18-,19+/m1/s1. The van der Waals surface area contributed by atoms with Crippen molar-refractivity contribution in [3.05, 3.63) is 65.7 Å². The number of hydrogen-bond acceptors (Lipinski definition) is 4. The first-order chi connectivity index (χ1) is 11.4. The fourth-order valence-corrected chi connectivity index (χ4v) is 4.97. The summed E-state index contributed by atoms with van der Waals surface area (Å²) in [5.41, 5.74) is 0.983. The molecule has 2 aromatic rings. The van der Waals surface area contributed by atoms with E-state index in [0.717, 1.165) is 17.5 Å². The summed E-state index contributed by atoms with van der Waals surface area (Å²) in [4.78, 5) is 0.186. The van der Waals surface area contributed by atoms with Crippen LogP contribution in [0.3, 0.4) is 0 Å². The second-order valence-corrected chi connectivity index (χ2v) is 8.40. The van der Waals surface area contributed by atoms with Crippen molar-refractivity contribution in [2.75, 3.05) is 0 Å². The summed E-state index contributed by atoms with van der Waals surface area (Å²) in [7, 11) is -3.82. The van der Waals surface area contributed by atoms with E-state index < -0.39 is 21.8 Å². The molecule has 3 atom stereocenters. The maximum absolute atomic E-state index is 12.7. The quantitative estimate of drug-likeness (QED) is 0.629. The monoisotopic (exact) mass is 344 g/mol. The Balaban J connectivity index is 1.66. The van der Waals surface area contributed by atoms with E-state index in [9.17, 15) is 8.42 Å². The third kappa shape index (κ3) is 2.23. The molecule has 0 bridgehead atoms. The Hall–Kier alpha value is -1.69. The fraction of sp³-hybridized carbons (Fsp3) is 0.368. The van der Waals surface area contributed by atoms with Crippen molar-refractivity contribution in [2.24, 2.45) is 0 Å². The van der Waals surface area contributed by atoms with Crippen LogP contribution < -0.4 is 0 Å². The molecule has 126 valence electrons. The molecule has 2 aliphatic rings. The number of rotatable bonds is 4. The molecule has 1 heterocycles. The van der Waals surface area contributed by atoms with Crippen LogP contribution in [0, 0.1) is 6.92 Å². The van der Waals surface area contributed by atoms with Crippen LogP contribution in [0.4, 0.5) is 0 Å². The Morgan fingerprint density at radius 3 is 2.38 bits per heavy atom. The van der Waals surface area contributed by atoms with Crippen molar-refractivity contribution in [1.29, 1.82) is 0 Å². The third-order valence-corrected chi connectivity index (χ3v) is 6.56. The predicted molar refractivity (Wildman–Crippen MR) is 90.1 cm³/mol. The lowest BCUT2D eigenvalue weighted by molar-refractivity contribution is 0.0849. The molecule has 0 radical (unpaired) electrons. The molecule has 1 aliphatic carbocycles. The number of aryl methyl sites for hydroxylation is 1. The van der Waals surface area contributed by atoms with Crippen molar-refractivity contribution < 1.29 is 17.3 Å². The van der Waals surface area contributed by atoms with Crippen molar-refractivity contribution in [3.8, 4) is 0 Å². The van der Waals surface area contributed by atoms with Crippen LogP contribution in [0.1, 0.15) is 30.9 Å². The number of ether oxygens (including phenoxy) is 1. The molecule has 0 spiro atoms. The first-order valence-electron chi connectivity index (χ1n) is 8.13. The van der Waals surface area contributed by atoms with Gasteiger partial charge in [0.2, 0.25) is 0 Å². The van der Waals surface area contributed by atoms with Crippen LogP contribution in [0.15, 0.2) is 59.5 Å². The molecule has 0 unspecified atom stereocenters. The molecule has 0 amide bonds. The maximum Gasteiger partial charge on any atom is 0.297 e. The molecule has 2 fully saturated rings. The first-order valence-corrected chi connectivity index (χ1v) is 9.54. The smallest absolute Gasteiger partial charge is 0.297 e. The van der Waals surface area contributed by atoms with E-state index in [0.29, 0.717) is 6.42 Å². The summed E-state index contributed by atoms with van der Waals surface area (Å²) in [6.07, 6.45) is 0.947. The van der Waals surface area contributed by atoms with Crippen LogP contribution >= 0.6 is 0 Å². The molecule has 0 N–H and O–H groups in total. The molecular formula is C19H20O4S. The van der Waals surface area contributed by atoms with Crippen molar-refractivity contribution >= 4 is 10.1 Å². The summed E-state index contributed by atoms with van der Waals surface area (Å²) in [6.45, 7) is 3.95. The fourth-order valence-electron chi connectivity index (χ4n) is 3.85. The van der Waals surface area contributed by atoms with Gasteiger partial charge in [0.25, 0.3) is 10.1 Å². The summed E-state index contributed by atoms with van der Waals surface area (Å²) < 4.78 is 37.0. The minimum Gasteiger partial charge on any atom is -0.355 e. The highest BCUT2D eigenvalue weighted by Gasteiger charge is 2.76. The minimum absolute atomic E-state index is 0.186.